The third-order valence-electron chi connectivity index (χ3n) is 4.24. The van der Waals surface area contributed by atoms with Gasteiger partial charge in [0.05, 0.1) is 11.9 Å². The fourth-order valence-electron chi connectivity index (χ4n) is 2.96. The monoisotopic (exact) mass is 387 g/mol. The largest absolute Gasteiger partial charge is 0.423 e. The first-order chi connectivity index (χ1) is 12.5. The van der Waals surface area contributed by atoms with Crippen LogP contribution in [0.25, 0.3) is 21.2 Å². The number of aromatic nitrogens is 3. The zero-order valence-corrected chi connectivity index (χ0v) is 15.6. The summed E-state index contributed by atoms with van der Waals surface area (Å²) >= 11 is 7.74. The molecule has 8 heteroatoms. The summed E-state index contributed by atoms with van der Waals surface area (Å²) in [4.78, 5) is 26.2. The van der Waals surface area contributed by atoms with Crippen LogP contribution in [0.4, 0.5) is 0 Å². The van der Waals surface area contributed by atoms with Gasteiger partial charge in [0.1, 0.15) is 5.58 Å². The van der Waals surface area contributed by atoms with Crippen molar-refractivity contribution in [2.45, 2.75) is 26.8 Å². The van der Waals surface area contributed by atoms with Gasteiger partial charge in [0.25, 0.3) is 5.56 Å². The number of rotatable bonds is 3. The van der Waals surface area contributed by atoms with Gasteiger partial charge in [-0.15, -0.1) is 16.4 Å². The molecular weight excluding hydrogens is 374 g/mol. The Morgan fingerprint density at radius 1 is 1.15 bits per heavy atom. The molecule has 0 saturated carbocycles. The van der Waals surface area contributed by atoms with E-state index >= 15 is 0 Å². The maximum absolute atomic E-state index is 12.7. The summed E-state index contributed by atoms with van der Waals surface area (Å²) < 4.78 is 6.56. The highest BCUT2D eigenvalue weighted by Crippen LogP contribution is 2.26. The SMILES string of the molecule is CCc1cc2oc(=O)cc(Cn3nnc4sc(C)cc4c3=O)c2cc1Cl. The molecule has 0 bridgehead atoms. The van der Waals surface area contributed by atoms with Crippen LogP contribution in [0, 0.1) is 6.92 Å². The van der Waals surface area contributed by atoms with E-state index in [4.69, 9.17) is 16.0 Å². The average Bonchev–Trinajstić information content (AvgIpc) is 2.99. The number of benzene rings is 1. The third kappa shape index (κ3) is 2.83. The van der Waals surface area contributed by atoms with Crippen molar-refractivity contribution in [1.82, 2.24) is 15.0 Å². The molecule has 0 amide bonds. The fourth-order valence-corrected chi connectivity index (χ4v) is 4.07. The molecule has 0 radical (unpaired) electrons. The Balaban J connectivity index is 1.90. The molecule has 132 valence electrons. The maximum Gasteiger partial charge on any atom is 0.336 e. The van der Waals surface area contributed by atoms with Crippen LogP contribution >= 0.6 is 22.9 Å². The lowest BCUT2D eigenvalue weighted by Crippen LogP contribution is -2.24. The first kappa shape index (κ1) is 16.9. The van der Waals surface area contributed by atoms with Gasteiger partial charge in [-0.25, -0.2) is 9.48 Å². The summed E-state index contributed by atoms with van der Waals surface area (Å²) in [5.41, 5.74) is 1.24. The van der Waals surface area contributed by atoms with Crippen LogP contribution in [-0.2, 0) is 13.0 Å². The van der Waals surface area contributed by atoms with E-state index in [1.54, 1.807) is 18.2 Å². The lowest BCUT2D eigenvalue weighted by molar-refractivity contribution is 0.551. The molecule has 0 aliphatic rings. The highest BCUT2D eigenvalue weighted by Gasteiger charge is 2.13. The van der Waals surface area contributed by atoms with Crippen LogP contribution in [0.5, 0.6) is 0 Å². The topological polar surface area (TPSA) is 78.0 Å². The summed E-state index contributed by atoms with van der Waals surface area (Å²) in [7, 11) is 0. The highest BCUT2D eigenvalue weighted by molar-refractivity contribution is 7.18. The first-order valence-corrected chi connectivity index (χ1v) is 9.25. The fraction of sp³-hybridized carbons (Fsp3) is 0.222. The van der Waals surface area contributed by atoms with E-state index in [0.717, 1.165) is 16.9 Å². The summed E-state index contributed by atoms with van der Waals surface area (Å²) in [5.74, 6) is 0. The highest BCUT2D eigenvalue weighted by atomic mass is 35.5. The molecule has 0 atom stereocenters. The van der Waals surface area contributed by atoms with Crippen molar-refractivity contribution in [3.8, 4) is 0 Å². The van der Waals surface area contributed by atoms with Crippen LogP contribution < -0.4 is 11.2 Å². The lowest BCUT2D eigenvalue weighted by Gasteiger charge is -2.09. The Morgan fingerprint density at radius 3 is 2.73 bits per heavy atom. The standard InChI is InChI=1S/C18H14ClN3O3S/c1-3-10-5-15-12(7-14(10)19)11(6-16(23)25-15)8-22-18(24)13-4-9(2)26-17(13)20-21-22/h4-7H,3,8H2,1-2H3. The molecule has 0 spiro atoms. The van der Waals surface area contributed by atoms with Crippen LogP contribution in [0.2, 0.25) is 5.02 Å². The molecule has 4 aromatic rings. The van der Waals surface area contributed by atoms with Crippen LogP contribution in [0.15, 0.2) is 38.3 Å². The second kappa shape index (κ2) is 6.34. The average molecular weight is 388 g/mol. The quantitative estimate of drug-likeness (QED) is 0.502. The second-order valence-corrected chi connectivity index (χ2v) is 7.65. The van der Waals surface area contributed by atoms with Gasteiger partial charge in [0, 0.05) is 21.4 Å². The molecule has 3 aromatic heterocycles. The molecule has 6 nitrogen and oxygen atoms in total. The van der Waals surface area contributed by atoms with E-state index in [2.05, 4.69) is 10.3 Å². The zero-order valence-electron chi connectivity index (χ0n) is 14.1. The minimum Gasteiger partial charge on any atom is -0.423 e. The Bertz CT molecular complexity index is 1270. The van der Waals surface area contributed by atoms with Gasteiger partial charge in [0.2, 0.25) is 0 Å². The normalized spacial score (nSPS) is 11.5. The van der Waals surface area contributed by atoms with Gasteiger partial charge in [-0.1, -0.05) is 23.7 Å². The van der Waals surface area contributed by atoms with Crippen molar-refractivity contribution < 1.29 is 4.42 Å². The van der Waals surface area contributed by atoms with E-state index in [-0.39, 0.29) is 12.1 Å². The van der Waals surface area contributed by atoms with Gasteiger partial charge in [-0.05, 0) is 42.7 Å². The molecule has 0 N–H and O–H groups in total. The predicted octanol–water partition coefficient (Wildman–Crippen LogP) is 3.53. The summed E-state index contributed by atoms with van der Waals surface area (Å²) in [6.07, 6.45) is 0.724. The Labute approximate surface area is 156 Å². The number of halogens is 1. The molecule has 26 heavy (non-hydrogen) atoms. The van der Waals surface area contributed by atoms with E-state index in [9.17, 15) is 9.59 Å². The van der Waals surface area contributed by atoms with Crippen molar-refractivity contribution >= 4 is 44.1 Å². The number of nitrogens with zero attached hydrogens (tertiary/aromatic N) is 3. The predicted molar refractivity (Wildman–Crippen MR) is 102 cm³/mol. The zero-order chi connectivity index (χ0) is 18.4. The second-order valence-electron chi connectivity index (χ2n) is 6.01. The van der Waals surface area contributed by atoms with Crippen molar-refractivity contribution in [2.24, 2.45) is 0 Å². The van der Waals surface area contributed by atoms with Crippen molar-refractivity contribution in [1.29, 1.82) is 0 Å². The van der Waals surface area contributed by atoms with E-state index < -0.39 is 5.63 Å². The number of fused-ring (bicyclic) bond motifs is 2. The minimum atomic E-state index is -0.481. The van der Waals surface area contributed by atoms with Crippen LogP contribution in [0.3, 0.4) is 0 Å². The van der Waals surface area contributed by atoms with Crippen LogP contribution in [0.1, 0.15) is 22.9 Å². The molecule has 3 heterocycles. The molecule has 4 rings (SSSR count). The van der Waals surface area contributed by atoms with Crippen molar-refractivity contribution in [3.05, 3.63) is 66.1 Å². The summed E-state index contributed by atoms with van der Waals surface area (Å²) in [6, 6.07) is 6.69. The molecule has 0 unspecified atom stereocenters. The smallest absolute Gasteiger partial charge is 0.336 e. The number of hydrogen-bond acceptors (Lipinski definition) is 6. The Morgan fingerprint density at radius 2 is 1.96 bits per heavy atom. The van der Waals surface area contributed by atoms with Gasteiger partial charge >= 0.3 is 5.63 Å². The van der Waals surface area contributed by atoms with Gasteiger partial charge in [-0.3, -0.25) is 4.79 Å². The first-order valence-electron chi connectivity index (χ1n) is 8.05. The van der Waals surface area contributed by atoms with Crippen molar-refractivity contribution in [3.63, 3.8) is 0 Å². The molecule has 1 aromatic carbocycles. The van der Waals surface area contributed by atoms with E-state index in [0.29, 0.717) is 31.8 Å². The maximum atomic E-state index is 12.7. The summed E-state index contributed by atoms with van der Waals surface area (Å²) in [5, 5.41) is 9.92. The molecular formula is C18H14ClN3O3S. The Kier molecular flexibility index (Phi) is 4.13. The number of thiophene rings is 1. The van der Waals surface area contributed by atoms with E-state index in [1.165, 1.54) is 22.1 Å². The molecule has 0 fully saturated rings. The Hall–Kier alpha value is -2.51. The minimum absolute atomic E-state index is 0.112. The van der Waals surface area contributed by atoms with Crippen LogP contribution in [-0.4, -0.2) is 15.0 Å². The van der Waals surface area contributed by atoms with Gasteiger partial charge < -0.3 is 4.42 Å². The third-order valence-corrected chi connectivity index (χ3v) is 5.53. The van der Waals surface area contributed by atoms with Gasteiger partial charge in [-0.2, -0.15) is 0 Å². The van der Waals surface area contributed by atoms with E-state index in [1.807, 2.05) is 13.8 Å². The summed E-state index contributed by atoms with van der Waals surface area (Å²) in [6.45, 7) is 4.00. The van der Waals surface area contributed by atoms with Crippen molar-refractivity contribution in [2.75, 3.05) is 0 Å². The van der Waals surface area contributed by atoms with Gasteiger partial charge in [0.15, 0.2) is 4.83 Å². The lowest BCUT2D eigenvalue weighted by atomic mass is 10.1. The molecule has 0 aliphatic carbocycles. The molecule has 0 aliphatic heterocycles. The number of hydrogen-bond donors (Lipinski definition) is 0. The number of aryl methyl sites for hydroxylation is 2. The molecule has 0 saturated heterocycles.